The number of aryl methyl sites for hydroxylation is 3. The Labute approximate surface area is 128 Å². The molecule has 0 amide bonds. The molecule has 112 valence electrons. The van der Waals surface area contributed by atoms with E-state index < -0.39 is 6.10 Å². The van der Waals surface area contributed by atoms with E-state index in [2.05, 4.69) is 75.2 Å². The fraction of sp³-hybridized carbons (Fsp3) is 0.368. The van der Waals surface area contributed by atoms with Gasteiger partial charge in [-0.25, -0.2) is 0 Å². The third-order valence-corrected chi connectivity index (χ3v) is 3.98. The van der Waals surface area contributed by atoms with Crippen molar-refractivity contribution in [2.24, 2.45) is 0 Å². The summed E-state index contributed by atoms with van der Waals surface area (Å²) < 4.78 is 0. The van der Waals surface area contributed by atoms with E-state index in [0.717, 1.165) is 17.7 Å². The molecule has 0 saturated carbocycles. The Morgan fingerprint density at radius 2 is 1.71 bits per heavy atom. The lowest BCUT2D eigenvalue weighted by molar-refractivity contribution is 0.123. The molecular weight excluding hydrogens is 258 g/mol. The molecule has 2 aromatic carbocycles. The van der Waals surface area contributed by atoms with E-state index in [1.807, 2.05) is 0 Å². The number of benzene rings is 2. The summed E-state index contributed by atoms with van der Waals surface area (Å²) in [5, 5.41) is 10.5. The van der Waals surface area contributed by atoms with Crippen LogP contribution in [0.5, 0.6) is 0 Å². The summed E-state index contributed by atoms with van der Waals surface area (Å²) >= 11 is 0. The fourth-order valence-corrected chi connectivity index (χ4v) is 2.66. The van der Waals surface area contributed by atoms with Crippen LogP contribution in [0.3, 0.4) is 0 Å². The summed E-state index contributed by atoms with van der Waals surface area (Å²) in [5.41, 5.74) is 5.99. The molecule has 2 rings (SSSR count). The molecule has 2 nitrogen and oxygen atoms in total. The maximum absolute atomic E-state index is 10.5. The second-order valence-corrected chi connectivity index (χ2v) is 6.00. The van der Waals surface area contributed by atoms with Gasteiger partial charge in [0.25, 0.3) is 0 Å². The number of likely N-dealkylation sites (N-methyl/N-ethyl adjacent to an activating group) is 1. The summed E-state index contributed by atoms with van der Waals surface area (Å²) in [4.78, 5) is 2.18. The molecular formula is C19H25NO. The summed E-state index contributed by atoms with van der Waals surface area (Å²) in [6, 6.07) is 14.7. The predicted molar refractivity (Wildman–Crippen MR) is 88.4 cm³/mol. The van der Waals surface area contributed by atoms with Crippen LogP contribution in [0, 0.1) is 20.8 Å². The quantitative estimate of drug-likeness (QED) is 0.902. The van der Waals surface area contributed by atoms with Gasteiger partial charge >= 0.3 is 0 Å². The zero-order chi connectivity index (χ0) is 15.4. The van der Waals surface area contributed by atoms with Crippen LogP contribution in [-0.4, -0.2) is 23.6 Å². The molecule has 0 aliphatic carbocycles. The third-order valence-electron chi connectivity index (χ3n) is 3.98. The van der Waals surface area contributed by atoms with E-state index in [1.54, 1.807) is 0 Å². The summed E-state index contributed by atoms with van der Waals surface area (Å²) in [6.45, 7) is 7.74. The van der Waals surface area contributed by atoms with Crippen LogP contribution in [0.2, 0.25) is 0 Å². The molecule has 0 aromatic heterocycles. The predicted octanol–water partition coefficient (Wildman–Crippen LogP) is 3.78. The Morgan fingerprint density at radius 1 is 1.00 bits per heavy atom. The first kappa shape index (κ1) is 15.7. The SMILES string of the molecule is Cc1ccc(C)c(C(O)CN(C)Cc2ccccc2C)c1. The number of hydrogen-bond acceptors (Lipinski definition) is 2. The average molecular weight is 283 g/mol. The van der Waals surface area contributed by atoms with Gasteiger partial charge in [-0.2, -0.15) is 0 Å². The number of rotatable bonds is 5. The van der Waals surface area contributed by atoms with E-state index in [1.165, 1.54) is 16.7 Å². The Bertz CT molecular complexity index is 606. The number of nitrogens with zero attached hydrogens (tertiary/aromatic N) is 1. The molecule has 0 heterocycles. The molecule has 0 aliphatic heterocycles. The molecule has 2 aromatic rings. The number of aliphatic hydroxyl groups excluding tert-OH is 1. The van der Waals surface area contributed by atoms with Gasteiger partial charge in [0.1, 0.15) is 0 Å². The molecule has 1 atom stereocenters. The van der Waals surface area contributed by atoms with Crippen molar-refractivity contribution >= 4 is 0 Å². The monoisotopic (exact) mass is 283 g/mol. The normalized spacial score (nSPS) is 12.7. The third kappa shape index (κ3) is 4.16. The summed E-state index contributed by atoms with van der Waals surface area (Å²) in [7, 11) is 2.06. The molecule has 1 unspecified atom stereocenters. The lowest BCUT2D eigenvalue weighted by Crippen LogP contribution is -2.25. The molecule has 0 spiro atoms. The molecule has 21 heavy (non-hydrogen) atoms. The van der Waals surface area contributed by atoms with Gasteiger partial charge in [-0.15, -0.1) is 0 Å². The van der Waals surface area contributed by atoms with Gasteiger partial charge in [-0.05, 0) is 50.1 Å². The van der Waals surface area contributed by atoms with Gasteiger partial charge < -0.3 is 5.11 Å². The van der Waals surface area contributed by atoms with Crippen LogP contribution in [0.15, 0.2) is 42.5 Å². The van der Waals surface area contributed by atoms with Gasteiger partial charge in [-0.1, -0.05) is 48.0 Å². The van der Waals surface area contributed by atoms with E-state index in [0.29, 0.717) is 6.54 Å². The Morgan fingerprint density at radius 3 is 2.43 bits per heavy atom. The first-order valence-corrected chi connectivity index (χ1v) is 7.45. The maximum atomic E-state index is 10.5. The summed E-state index contributed by atoms with van der Waals surface area (Å²) in [5.74, 6) is 0. The minimum absolute atomic E-state index is 0.445. The van der Waals surface area contributed by atoms with Crippen LogP contribution < -0.4 is 0 Å². The highest BCUT2D eigenvalue weighted by molar-refractivity contribution is 5.32. The number of aliphatic hydroxyl groups is 1. The smallest absolute Gasteiger partial charge is 0.0919 e. The summed E-state index contributed by atoms with van der Waals surface area (Å²) in [6.07, 6.45) is -0.445. The maximum Gasteiger partial charge on any atom is 0.0919 e. The molecule has 0 radical (unpaired) electrons. The molecule has 0 aliphatic rings. The van der Waals surface area contributed by atoms with E-state index in [9.17, 15) is 5.11 Å². The zero-order valence-corrected chi connectivity index (χ0v) is 13.4. The van der Waals surface area contributed by atoms with E-state index in [-0.39, 0.29) is 0 Å². The molecule has 0 saturated heterocycles. The van der Waals surface area contributed by atoms with Crippen molar-refractivity contribution in [1.82, 2.24) is 4.90 Å². The standard InChI is InChI=1S/C19H25NO/c1-14-9-10-16(3)18(11-14)19(21)13-20(4)12-17-8-6-5-7-15(17)2/h5-11,19,21H,12-13H2,1-4H3. The molecule has 1 N–H and O–H groups in total. The van der Waals surface area contributed by atoms with Crippen LogP contribution >= 0.6 is 0 Å². The number of hydrogen-bond donors (Lipinski definition) is 1. The highest BCUT2D eigenvalue weighted by Crippen LogP contribution is 2.20. The van der Waals surface area contributed by atoms with E-state index in [4.69, 9.17) is 0 Å². The molecule has 0 bridgehead atoms. The van der Waals surface area contributed by atoms with E-state index >= 15 is 0 Å². The first-order valence-electron chi connectivity index (χ1n) is 7.45. The average Bonchev–Trinajstić information content (AvgIpc) is 2.44. The van der Waals surface area contributed by atoms with Crippen LogP contribution in [0.25, 0.3) is 0 Å². The minimum atomic E-state index is -0.445. The van der Waals surface area contributed by atoms with Gasteiger partial charge in [0.15, 0.2) is 0 Å². The van der Waals surface area contributed by atoms with Gasteiger partial charge in [-0.3, -0.25) is 4.90 Å². The van der Waals surface area contributed by atoms with Crippen molar-refractivity contribution in [2.45, 2.75) is 33.4 Å². The van der Waals surface area contributed by atoms with Gasteiger partial charge in [0.2, 0.25) is 0 Å². The van der Waals surface area contributed by atoms with Gasteiger partial charge in [0, 0.05) is 13.1 Å². The zero-order valence-electron chi connectivity index (χ0n) is 13.4. The Kier molecular flexibility index (Phi) is 5.16. The second kappa shape index (κ2) is 6.88. The van der Waals surface area contributed by atoms with Crippen molar-refractivity contribution in [3.63, 3.8) is 0 Å². The topological polar surface area (TPSA) is 23.5 Å². The first-order chi connectivity index (χ1) is 9.97. The minimum Gasteiger partial charge on any atom is -0.387 e. The molecule has 0 fully saturated rings. The fourth-order valence-electron chi connectivity index (χ4n) is 2.66. The van der Waals surface area contributed by atoms with Crippen molar-refractivity contribution in [2.75, 3.05) is 13.6 Å². The van der Waals surface area contributed by atoms with Crippen molar-refractivity contribution in [3.05, 3.63) is 70.3 Å². The van der Waals surface area contributed by atoms with Crippen molar-refractivity contribution < 1.29 is 5.11 Å². The van der Waals surface area contributed by atoms with Crippen LogP contribution in [0.1, 0.15) is 33.9 Å². The van der Waals surface area contributed by atoms with Crippen molar-refractivity contribution in [3.8, 4) is 0 Å². The lowest BCUT2D eigenvalue weighted by Gasteiger charge is -2.23. The Hall–Kier alpha value is -1.64. The Balaban J connectivity index is 2.04. The van der Waals surface area contributed by atoms with Crippen molar-refractivity contribution in [1.29, 1.82) is 0 Å². The van der Waals surface area contributed by atoms with Crippen LogP contribution in [0.4, 0.5) is 0 Å². The van der Waals surface area contributed by atoms with Crippen LogP contribution in [-0.2, 0) is 6.54 Å². The largest absolute Gasteiger partial charge is 0.387 e. The highest BCUT2D eigenvalue weighted by atomic mass is 16.3. The molecule has 2 heteroatoms. The second-order valence-electron chi connectivity index (χ2n) is 6.00. The highest BCUT2D eigenvalue weighted by Gasteiger charge is 2.14. The lowest BCUT2D eigenvalue weighted by atomic mass is 10.0. The van der Waals surface area contributed by atoms with Gasteiger partial charge in [0.05, 0.1) is 6.10 Å².